The van der Waals surface area contributed by atoms with Crippen molar-refractivity contribution in [2.45, 2.75) is 45.6 Å². The number of thiazole rings is 1. The van der Waals surface area contributed by atoms with Gasteiger partial charge in [0.25, 0.3) is 0 Å². The van der Waals surface area contributed by atoms with Gasteiger partial charge in [-0.05, 0) is 26.2 Å². The number of carbonyl (C=O) groups excluding carboxylic acids is 1. The number of amides is 1. The minimum absolute atomic E-state index is 0. The first-order chi connectivity index (χ1) is 13.0. The number of piperidine rings is 1. The van der Waals surface area contributed by atoms with Crippen LogP contribution in [0.3, 0.4) is 0 Å². The summed E-state index contributed by atoms with van der Waals surface area (Å²) in [5, 5.41) is 8.05. The molecule has 0 aromatic carbocycles. The molecule has 28 heavy (non-hydrogen) atoms. The molecule has 2 N–H and O–H groups in total. The van der Waals surface area contributed by atoms with E-state index in [1.54, 1.807) is 16.2 Å². The van der Waals surface area contributed by atoms with Gasteiger partial charge >= 0.3 is 0 Å². The van der Waals surface area contributed by atoms with Crippen molar-refractivity contribution in [3.8, 4) is 0 Å². The van der Waals surface area contributed by atoms with Gasteiger partial charge in [-0.25, -0.2) is 4.98 Å². The van der Waals surface area contributed by atoms with Crippen molar-refractivity contribution >= 4 is 47.2 Å². The second kappa shape index (κ2) is 13.3. The van der Waals surface area contributed by atoms with Crippen LogP contribution in [-0.2, 0) is 17.6 Å². The quantitative estimate of drug-likeness (QED) is 0.311. The Hall–Kier alpha value is -0.940. The number of nitrogens with zero attached hydrogens (tertiary/aromatic N) is 4. The van der Waals surface area contributed by atoms with E-state index >= 15 is 0 Å². The first kappa shape index (κ1) is 25.1. The fourth-order valence-corrected chi connectivity index (χ4v) is 3.82. The first-order valence-electron chi connectivity index (χ1n) is 9.92. The highest BCUT2D eigenvalue weighted by atomic mass is 127. The maximum Gasteiger partial charge on any atom is 0.236 e. The summed E-state index contributed by atoms with van der Waals surface area (Å²) in [4.78, 5) is 26.2. The number of carbonyl (C=O) groups is 1. The number of likely N-dealkylation sites (tertiary alicyclic amines) is 1. The zero-order chi connectivity index (χ0) is 19.6. The highest BCUT2D eigenvalue weighted by Crippen LogP contribution is 2.14. The van der Waals surface area contributed by atoms with E-state index in [0.29, 0.717) is 12.6 Å². The average Bonchev–Trinajstić information content (AvgIpc) is 3.11. The molecule has 0 unspecified atom stereocenters. The molecule has 1 aromatic heterocycles. The van der Waals surface area contributed by atoms with Crippen LogP contribution >= 0.6 is 35.3 Å². The topological polar surface area (TPSA) is 72.9 Å². The van der Waals surface area contributed by atoms with E-state index in [4.69, 9.17) is 4.99 Å². The summed E-state index contributed by atoms with van der Waals surface area (Å²) in [5.41, 5.74) is 0. The molecule has 0 spiro atoms. The Balaban J connectivity index is 0.00000392. The van der Waals surface area contributed by atoms with Gasteiger partial charge in [0.2, 0.25) is 5.91 Å². The summed E-state index contributed by atoms with van der Waals surface area (Å²) in [6.07, 6.45) is 5.95. The van der Waals surface area contributed by atoms with Gasteiger partial charge in [-0.2, -0.15) is 0 Å². The maximum absolute atomic E-state index is 11.8. The van der Waals surface area contributed by atoms with E-state index in [1.165, 1.54) is 4.88 Å². The van der Waals surface area contributed by atoms with Crippen LogP contribution < -0.4 is 10.6 Å². The van der Waals surface area contributed by atoms with Crippen LogP contribution in [0.25, 0.3) is 0 Å². The lowest BCUT2D eigenvalue weighted by Crippen LogP contribution is -2.50. The van der Waals surface area contributed by atoms with Crippen LogP contribution in [0.5, 0.6) is 0 Å². The lowest BCUT2D eigenvalue weighted by molar-refractivity contribution is -0.130. The van der Waals surface area contributed by atoms with Crippen LogP contribution in [0.1, 0.15) is 36.6 Å². The van der Waals surface area contributed by atoms with Gasteiger partial charge in [-0.15, -0.1) is 35.3 Å². The van der Waals surface area contributed by atoms with Gasteiger partial charge in [-0.3, -0.25) is 14.7 Å². The highest BCUT2D eigenvalue weighted by Gasteiger charge is 2.22. The summed E-state index contributed by atoms with van der Waals surface area (Å²) in [5.74, 6) is 1.05. The SMILES string of the molecule is CCNC(=NCCc1ncc(CC)s1)NC1CCN(CC(=O)N(C)C)CC1.I. The minimum Gasteiger partial charge on any atom is -0.357 e. The Morgan fingerprint density at radius 2 is 2.07 bits per heavy atom. The van der Waals surface area contributed by atoms with Crippen molar-refractivity contribution < 1.29 is 4.79 Å². The average molecular weight is 523 g/mol. The van der Waals surface area contributed by atoms with Gasteiger partial charge in [0.05, 0.1) is 11.6 Å². The lowest BCUT2D eigenvalue weighted by atomic mass is 10.1. The monoisotopic (exact) mass is 522 g/mol. The summed E-state index contributed by atoms with van der Waals surface area (Å²) in [7, 11) is 3.62. The van der Waals surface area contributed by atoms with Crippen LogP contribution in [-0.4, -0.2) is 79.5 Å². The smallest absolute Gasteiger partial charge is 0.236 e. The molecule has 160 valence electrons. The Morgan fingerprint density at radius 1 is 1.36 bits per heavy atom. The predicted molar refractivity (Wildman–Crippen MR) is 128 cm³/mol. The zero-order valence-electron chi connectivity index (χ0n) is 17.5. The summed E-state index contributed by atoms with van der Waals surface area (Å²) < 4.78 is 0. The molecule has 0 atom stereocenters. The van der Waals surface area contributed by atoms with Crippen molar-refractivity contribution in [3.63, 3.8) is 0 Å². The van der Waals surface area contributed by atoms with Gasteiger partial charge in [-0.1, -0.05) is 6.92 Å². The van der Waals surface area contributed by atoms with Crippen molar-refractivity contribution in [1.82, 2.24) is 25.4 Å². The van der Waals surface area contributed by atoms with Crippen LogP contribution in [0.2, 0.25) is 0 Å². The Bertz CT molecular complexity index is 613. The fraction of sp³-hybridized carbons (Fsp3) is 0.737. The van der Waals surface area contributed by atoms with E-state index < -0.39 is 0 Å². The van der Waals surface area contributed by atoms with Crippen LogP contribution in [0.4, 0.5) is 0 Å². The number of rotatable bonds is 8. The number of nitrogens with one attached hydrogen (secondary N) is 2. The molecule has 1 aromatic rings. The molecule has 0 aliphatic carbocycles. The van der Waals surface area contributed by atoms with Crippen LogP contribution in [0, 0.1) is 0 Å². The van der Waals surface area contributed by atoms with E-state index in [2.05, 4.69) is 34.4 Å². The predicted octanol–water partition coefficient (Wildman–Crippen LogP) is 1.97. The van der Waals surface area contributed by atoms with E-state index in [0.717, 1.165) is 62.8 Å². The number of guanidine groups is 1. The van der Waals surface area contributed by atoms with Crippen molar-refractivity contribution in [2.24, 2.45) is 4.99 Å². The molecule has 2 rings (SSSR count). The number of aliphatic imine (C=N–C) groups is 1. The molecule has 2 heterocycles. The standard InChI is InChI=1S/C19H34N6OS.HI/c1-5-16-13-22-17(27-16)7-10-21-19(20-6-2)23-15-8-11-25(12-9-15)14-18(26)24(3)4;/h13,15H,5-12,14H2,1-4H3,(H2,20,21,23);1H. The maximum atomic E-state index is 11.8. The number of hydrogen-bond donors (Lipinski definition) is 2. The molecule has 0 saturated carbocycles. The molecule has 1 aliphatic rings. The van der Waals surface area contributed by atoms with Gasteiger partial charge < -0.3 is 15.5 Å². The molecular weight excluding hydrogens is 487 g/mol. The Morgan fingerprint density at radius 3 is 2.64 bits per heavy atom. The fourth-order valence-electron chi connectivity index (χ4n) is 2.97. The molecule has 1 saturated heterocycles. The minimum atomic E-state index is 0. The van der Waals surface area contributed by atoms with Gasteiger partial charge in [0.15, 0.2) is 5.96 Å². The number of likely N-dealkylation sites (N-methyl/N-ethyl adjacent to an activating group) is 1. The third-order valence-electron chi connectivity index (χ3n) is 4.68. The number of hydrogen-bond acceptors (Lipinski definition) is 5. The number of aromatic nitrogens is 1. The largest absolute Gasteiger partial charge is 0.357 e. The molecule has 1 fully saturated rings. The molecule has 0 bridgehead atoms. The molecule has 1 amide bonds. The molecular formula is C19H35IN6OS. The first-order valence-corrected chi connectivity index (χ1v) is 10.7. The molecule has 1 aliphatic heterocycles. The second-order valence-corrected chi connectivity index (χ2v) is 8.27. The molecule has 0 radical (unpaired) electrons. The Kier molecular flexibility index (Phi) is 11.9. The highest BCUT2D eigenvalue weighted by molar-refractivity contribution is 14.0. The third-order valence-corrected chi connectivity index (χ3v) is 5.88. The summed E-state index contributed by atoms with van der Waals surface area (Å²) in [6, 6.07) is 0.403. The van der Waals surface area contributed by atoms with Crippen LogP contribution in [0.15, 0.2) is 11.2 Å². The number of halogens is 1. The summed E-state index contributed by atoms with van der Waals surface area (Å²) in [6.45, 7) is 8.22. The van der Waals surface area contributed by atoms with Crippen molar-refractivity contribution in [2.75, 3.05) is 46.8 Å². The van der Waals surface area contributed by atoms with Gasteiger partial charge in [0, 0.05) is 63.8 Å². The third kappa shape index (κ3) is 8.60. The zero-order valence-corrected chi connectivity index (χ0v) is 20.7. The van der Waals surface area contributed by atoms with E-state index in [-0.39, 0.29) is 29.9 Å². The normalized spacial score (nSPS) is 15.8. The number of aryl methyl sites for hydroxylation is 1. The van der Waals surface area contributed by atoms with E-state index in [1.807, 2.05) is 20.3 Å². The van der Waals surface area contributed by atoms with E-state index in [9.17, 15) is 4.79 Å². The summed E-state index contributed by atoms with van der Waals surface area (Å²) >= 11 is 1.78. The Labute approximate surface area is 190 Å². The molecule has 9 heteroatoms. The van der Waals surface area contributed by atoms with Crippen molar-refractivity contribution in [3.05, 3.63) is 16.1 Å². The van der Waals surface area contributed by atoms with Gasteiger partial charge in [0.1, 0.15) is 0 Å². The van der Waals surface area contributed by atoms with Crippen molar-refractivity contribution in [1.29, 1.82) is 0 Å². The second-order valence-electron chi connectivity index (χ2n) is 7.07. The molecule has 7 nitrogen and oxygen atoms in total. The lowest BCUT2D eigenvalue weighted by Gasteiger charge is -2.33.